The van der Waals surface area contributed by atoms with Crippen LogP contribution >= 0.6 is 0 Å². The Morgan fingerprint density at radius 3 is 2.53 bits per heavy atom. The number of hydrogen-bond donors (Lipinski definition) is 1. The van der Waals surface area contributed by atoms with Gasteiger partial charge in [0.1, 0.15) is 0 Å². The third-order valence-electron chi connectivity index (χ3n) is 4.66. The van der Waals surface area contributed by atoms with Crippen LogP contribution < -0.4 is 5.32 Å². The highest BCUT2D eigenvalue weighted by Gasteiger charge is 2.30. The van der Waals surface area contributed by atoms with Crippen LogP contribution in [0.2, 0.25) is 0 Å². The maximum atomic E-state index is 3.65. The minimum Gasteiger partial charge on any atom is -0.316 e. The smallest absolute Gasteiger partial charge is 0.00673 e. The topological polar surface area (TPSA) is 15.3 Å². The van der Waals surface area contributed by atoms with Crippen molar-refractivity contribution >= 4 is 0 Å². The van der Waals surface area contributed by atoms with Gasteiger partial charge in [0.2, 0.25) is 0 Å². The van der Waals surface area contributed by atoms with E-state index in [4.69, 9.17) is 0 Å². The van der Waals surface area contributed by atoms with Crippen LogP contribution in [-0.2, 0) is 0 Å². The summed E-state index contributed by atoms with van der Waals surface area (Å²) in [7, 11) is 0. The van der Waals surface area contributed by atoms with E-state index < -0.39 is 0 Å². The molecule has 0 spiro atoms. The molecule has 114 valence electrons. The monoisotopic (exact) mass is 268 g/mol. The van der Waals surface area contributed by atoms with Crippen molar-refractivity contribution in [2.45, 2.75) is 72.8 Å². The van der Waals surface area contributed by atoms with Crippen LogP contribution in [0, 0.1) is 11.3 Å². The first-order chi connectivity index (χ1) is 9.00. The quantitative estimate of drug-likeness (QED) is 0.671. The third-order valence-corrected chi connectivity index (χ3v) is 4.66. The predicted molar refractivity (Wildman–Crippen MR) is 85.6 cm³/mol. The average molecular weight is 268 g/mol. The van der Waals surface area contributed by atoms with E-state index in [0.29, 0.717) is 5.41 Å². The first-order valence-electron chi connectivity index (χ1n) is 8.45. The summed E-state index contributed by atoms with van der Waals surface area (Å²) in [6, 6.07) is 0.776. The fraction of sp³-hybridized carbons (Fsp3) is 1.00. The van der Waals surface area contributed by atoms with Crippen molar-refractivity contribution in [3.8, 4) is 0 Å². The average Bonchev–Trinajstić information content (AvgIpc) is 2.34. The minimum atomic E-state index is 0.440. The highest BCUT2D eigenvalue weighted by atomic mass is 15.2. The molecule has 0 saturated carbocycles. The summed E-state index contributed by atoms with van der Waals surface area (Å²) in [6.07, 6.45) is 6.66. The second kappa shape index (κ2) is 8.26. The Balaban J connectivity index is 2.54. The minimum absolute atomic E-state index is 0.440. The van der Waals surface area contributed by atoms with Crippen molar-refractivity contribution in [1.82, 2.24) is 10.2 Å². The highest BCUT2D eigenvalue weighted by Crippen LogP contribution is 2.29. The van der Waals surface area contributed by atoms with Crippen LogP contribution in [0.25, 0.3) is 0 Å². The molecule has 0 aromatic rings. The SMILES string of the molecule is CCCNCC(C)(CCC)CN1CC(C)CCC1C. The van der Waals surface area contributed by atoms with Crippen molar-refractivity contribution < 1.29 is 0 Å². The number of likely N-dealkylation sites (tertiary alicyclic amines) is 1. The van der Waals surface area contributed by atoms with Crippen LogP contribution in [0.15, 0.2) is 0 Å². The standard InChI is InChI=1S/C17H36N2/c1-6-10-17(5,13-18-11-7-2)14-19-12-15(3)8-9-16(19)4/h15-16,18H,6-14H2,1-5H3. The molecule has 0 bridgehead atoms. The van der Waals surface area contributed by atoms with Gasteiger partial charge >= 0.3 is 0 Å². The maximum absolute atomic E-state index is 3.65. The van der Waals surface area contributed by atoms with Gasteiger partial charge in [-0.1, -0.05) is 34.1 Å². The van der Waals surface area contributed by atoms with E-state index in [1.807, 2.05) is 0 Å². The molecule has 2 nitrogen and oxygen atoms in total. The lowest BCUT2D eigenvalue weighted by Crippen LogP contribution is -2.49. The first-order valence-corrected chi connectivity index (χ1v) is 8.45. The van der Waals surface area contributed by atoms with Crippen molar-refractivity contribution in [3.63, 3.8) is 0 Å². The molecule has 3 atom stereocenters. The lowest BCUT2D eigenvalue weighted by Gasteiger charge is -2.43. The van der Waals surface area contributed by atoms with E-state index >= 15 is 0 Å². The Kier molecular flexibility index (Phi) is 7.38. The molecule has 0 aliphatic carbocycles. The number of piperidine rings is 1. The molecule has 1 fully saturated rings. The first kappa shape index (κ1) is 17.0. The van der Waals surface area contributed by atoms with Crippen molar-refractivity contribution in [1.29, 1.82) is 0 Å². The maximum Gasteiger partial charge on any atom is 0.00673 e. The number of rotatable bonds is 8. The van der Waals surface area contributed by atoms with E-state index in [1.54, 1.807) is 0 Å². The summed E-state index contributed by atoms with van der Waals surface area (Å²) >= 11 is 0. The Labute approximate surface area is 121 Å². The Morgan fingerprint density at radius 1 is 1.16 bits per heavy atom. The largest absolute Gasteiger partial charge is 0.316 e. The van der Waals surface area contributed by atoms with Gasteiger partial charge < -0.3 is 5.32 Å². The summed E-state index contributed by atoms with van der Waals surface area (Å²) in [5.41, 5.74) is 0.440. The number of nitrogens with zero attached hydrogens (tertiary/aromatic N) is 1. The summed E-state index contributed by atoms with van der Waals surface area (Å²) in [6.45, 7) is 16.8. The molecule has 3 unspecified atom stereocenters. The zero-order valence-electron chi connectivity index (χ0n) is 14.0. The molecule has 1 N–H and O–H groups in total. The zero-order chi connectivity index (χ0) is 14.3. The molecule has 2 heteroatoms. The molecule has 1 aliphatic heterocycles. The van der Waals surface area contributed by atoms with Gasteiger partial charge in [0.15, 0.2) is 0 Å². The van der Waals surface area contributed by atoms with Crippen LogP contribution in [0.3, 0.4) is 0 Å². The Hall–Kier alpha value is -0.0800. The van der Waals surface area contributed by atoms with Gasteiger partial charge in [-0.15, -0.1) is 0 Å². The molecule has 0 amide bonds. The number of hydrogen-bond acceptors (Lipinski definition) is 2. The highest BCUT2D eigenvalue weighted by molar-refractivity contribution is 4.85. The third kappa shape index (κ3) is 5.83. The van der Waals surface area contributed by atoms with Gasteiger partial charge in [-0.05, 0) is 50.5 Å². The van der Waals surface area contributed by atoms with Crippen molar-refractivity contribution in [2.75, 3.05) is 26.2 Å². The Morgan fingerprint density at radius 2 is 1.89 bits per heavy atom. The van der Waals surface area contributed by atoms with Crippen LogP contribution in [0.5, 0.6) is 0 Å². The van der Waals surface area contributed by atoms with Gasteiger partial charge in [0.05, 0.1) is 0 Å². The molecular formula is C17H36N2. The molecule has 0 aromatic carbocycles. The summed E-state index contributed by atoms with van der Waals surface area (Å²) in [4.78, 5) is 2.75. The second-order valence-corrected chi connectivity index (χ2v) is 7.20. The van der Waals surface area contributed by atoms with Gasteiger partial charge in [-0.2, -0.15) is 0 Å². The zero-order valence-corrected chi connectivity index (χ0v) is 14.0. The van der Waals surface area contributed by atoms with Gasteiger partial charge in [0.25, 0.3) is 0 Å². The molecule has 1 saturated heterocycles. The lowest BCUT2D eigenvalue weighted by molar-refractivity contribution is 0.0684. The van der Waals surface area contributed by atoms with Crippen LogP contribution in [-0.4, -0.2) is 37.1 Å². The molecule has 1 aliphatic rings. The fourth-order valence-corrected chi connectivity index (χ4v) is 3.48. The van der Waals surface area contributed by atoms with E-state index in [1.165, 1.54) is 51.7 Å². The number of nitrogens with one attached hydrogen (secondary N) is 1. The molecular weight excluding hydrogens is 232 g/mol. The van der Waals surface area contributed by atoms with Gasteiger partial charge in [-0.25, -0.2) is 0 Å². The molecule has 19 heavy (non-hydrogen) atoms. The predicted octanol–water partition coefficient (Wildman–Crippen LogP) is 3.91. The van der Waals surface area contributed by atoms with Gasteiger partial charge in [-0.3, -0.25) is 4.90 Å². The van der Waals surface area contributed by atoms with Crippen LogP contribution in [0.4, 0.5) is 0 Å². The van der Waals surface area contributed by atoms with Crippen LogP contribution in [0.1, 0.15) is 66.7 Å². The van der Waals surface area contributed by atoms with E-state index in [2.05, 4.69) is 44.8 Å². The van der Waals surface area contributed by atoms with E-state index in [0.717, 1.165) is 18.5 Å². The summed E-state index contributed by atoms with van der Waals surface area (Å²) in [5.74, 6) is 0.880. The lowest BCUT2D eigenvalue weighted by atomic mass is 9.83. The molecule has 0 aromatic heterocycles. The molecule has 1 rings (SSSR count). The molecule has 1 heterocycles. The summed E-state index contributed by atoms with van der Waals surface area (Å²) < 4.78 is 0. The van der Waals surface area contributed by atoms with Crippen molar-refractivity contribution in [2.24, 2.45) is 11.3 Å². The van der Waals surface area contributed by atoms with E-state index in [-0.39, 0.29) is 0 Å². The van der Waals surface area contributed by atoms with E-state index in [9.17, 15) is 0 Å². The second-order valence-electron chi connectivity index (χ2n) is 7.20. The fourth-order valence-electron chi connectivity index (χ4n) is 3.48. The molecule has 0 radical (unpaired) electrons. The summed E-state index contributed by atoms with van der Waals surface area (Å²) in [5, 5.41) is 3.65. The van der Waals surface area contributed by atoms with Gasteiger partial charge in [0, 0.05) is 25.7 Å². The van der Waals surface area contributed by atoms with Crippen molar-refractivity contribution in [3.05, 3.63) is 0 Å². The normalized spacial score (nSPS) is 28.3. The Bertz CT molecular complexity index is 241.